The van der Waals surface area contributed by atoms with E-state index in [2.05, 4.69) is 32.6 Å². The highest BCUT2D eigenvalue weighted by Crippen LogP contribution is 2.20. The van der Waals surface area contributed by atoms with Crippen LogP contribution in [-0.4, -0.2) is 9.97 Å². The maximum absolute atomic E-state index is 5.78. The van der Waals surface area contributed by atoms with Crippen LogP contribution in [0.15, 0.2) is 24.5 Å². The maximum Gasteiger partial charge on any atom is 0.130 e. The fraction of sp³-hybridized carbons (Fsp3) is 0. The van der Waals surface area contributed by atoms with Crippen molar-refractivity contribution in [2.75, 3.05) is 0 Å². The second-order valence-electron chi connectivity index (χ2n) is 2.33. The van der Waals surface area contributed by atoms with Crippen LogP contribution in [0.3, 0.4) is 0 Å². The largest absolute Gasteiger partial charge is 0.264 e. The van der Waals surface area contributed by atoms with E-state index in [1.807, 2.05) is 12.1 Å². The lowest BCUT2D eigenvalue weighted by Gasteiger charge is -1.98. The first-order valence-corrected chi connectivity index (χ1v) is 4.79. The van der Waals surface area contributed by atoms with Gasteiger partial charge in [-0.2, -0.15) is 0 Å². The fourth-order valence-corrected chi connectivity index (χ4v) is 2.12. The molecular weight excluding hydrogens is 286 g/mol. The van der Waals surface area contributed by atoms with Crippen LogP contribution in [0.5, 0.6) is 0 Å². The molecule has 4 heteroatoms. The van der Waals surface area contributed by atoms with Gasteiger partial charge >= 0.3 is 0 Å². The minimum absolute atomic E-state index is 0.514. The molecule has 0 saturated carbocycles. The molecule has 0 unspecified atom stereocenters. The molecule has 0 saturated heterocycles. The van der Waals surface area contributed by atoms with Crippen LogP contribution in [-0.2, 0) is 0 Å². The van der Waals surface area contributed by atoms with E-state index in [0.717, 1.165) is 14.5 Å². The number of halogens is 2. The van der Waals surface area contributed by atoms with Crippen LogP contribution < -0.4 is 0 Å². The SMILES string of the molecule is Clc1cc2cnccc2c(I)n1. The van der Waals surface area contributed by atoms with E-state index in [9.17, 15) is 0 Å². The molecule has 0 radical (unpaired) electrons. The van der Waals surface area contributed by atoms with Crippen molar-refractivity contribution in [3.63, 3.8) is 0 Å². The van der Waals surface area contributed by atoms with Crippen molar-refractivity contribution in [3.05, 3.63) is 33.4 Å². The Labute approximate surface area is 88.1 Å². The predicted molar refractivity (Wildman–Crippen MR) is 57.3 cm³/mol. The summed E-state index contributed by atoms with van der Waals surface area (Å²) >= 11 is 7.94. The highest BCUT2D eigenvalue weighted by atomic mass is 127. The van der Waals surface area contributed by atoms with Gasteiger partial charge in [0, 0.05) is 23.2 Å². The molecule has 0 aromatic carbocycles. The quantitative estimate of drug-likeness (QED) is 0.551. The Balaban J connectivity index is 2.89. The Morgan fingerprint density at radius 3 is 3.08 bits per heavy atom. The molecule has 2 heterocycles. The summed E-state index contributed by atoms with van der Waals surface area (Å²) in [5, 5.41) is 2.64. The normalized spacial score (nSPS) is 10.5. The third-order valence-corrected chi connectivity index (χ3v) is 2.57. The summed E-state index contributed by atoms with van der Waals surface area (Å²) in [6, 6.07) is 3.74. The van der Waals surface area contributed by atoms with Crippen molar-refractivity contribution in [3.8, 4) is 0 Å². The molecule has 0 atom stereocenters. The first-order valence-electron chi connectivity index (χ1n) is 3.33. The van der Waals surface area contributed by atoms with Crippen molar-refractivity contribution >= 4 is 45.0 Å². The number of nitrogens with zero attached hydrogens (tertiary/aromatic N) is 2. The molecule has 12 heavy (non-hydrogen) atoms. The second-order valence-corrected chi connectivity index (χ2v) is 3.74. The number of hydrogen-bond donors (Lipinski definition) is 0. The van der Waals surface area contributed by atoms with Gasteiger partial charge in [-0.1, -0.05) is 11.6 Å². The van der Waals surface area contributed by atoms with E-state index >= 15 is 0 Å². The van der Waals surface area contributed by atoms with Gasteiger partial charge in [0.15, 0.2) is 0 Å². The molecule has 0 spiro atoms. The molecule has 0 amide bonds. The summed E-state index contributed by atoms with van der Waals surface area (Å²) in [6.07, 6.45) is 3.53. The lowest BCUT2D eigenvalue weighted by atomic mass is 10.2. The number of rotatable bonds is 0. The molecule has 2 nitrogen and oxygen atoms in total. The average Bonchev–Trinajstić information content (AvgIpc) is 2.04. The number of fused-ring (bicyclic) bond motifs is 1. The number of aromatic nitrogens is 2. The van der Waals surface area contributed by atoms with Crippen LogP contribution in [0.4, 0.5) is 0 Å². The minimum atomic E-state index is 0.514. The summed E-state index contributed by atoms with van der Waals surface area (Å²) in [4.78, 5) is 8.13. The molecule has 0 aliphatic rings. The molecule has 0 aliphatic carbocycles. The van der Waals surface area contributed by atoms with E-state index < -0.39 is 0 Å². The van der Waals surface area contributed by atoms with Crippen molar-refractivity contribution in [1.82, 2.24) is 9.97 Å². The van der Waals surface area contributed by atoms with Crippen molar-refractivity contribution < 1.29 is 0 Å². The van der Waals surface area contributed by atoms with E-state index in [4.69, 9.17) is 11.6 Å². The Morgan fingerprint density at radius 2 is 2.25 bits per heavy atom. The third-order valence-electron chi connectivity index (χ3n) is 1.55. The van der Waals surface area contributed by atoms with Crippen LogP contribution in [0.1, 0.15) is 0 Å². The Hall–Kier alpha value is -0.420. The Morgan fingerprint density at radius 1 is 1.42 bits per heavy atom. The van der Waals surface area contributed by atoms with Crippen molar-refractivity contribution in [2.45, 2.75) is 0 Å². The zero-order valence-corrected chi connectivity index (χ0v) is 8.87. The van der Waals surface area contributed by atoms with Gasteiger partial charge in [0.25, 0.3) is 0 Å². The predicted octanol–water partition coefficient (Wildman–Crippen LogP) is 2.89. The standard InChI is InChI=1S/C8H4ClIN2/c9-7-3-5-4-11-2-1-6(5)8(10)12-7/h1-4H. The summed E-state index contributed by atoms with van der Waals surface area (Å²) in [6.45, 7) is 0. The number of pyridine rings is 2. The number of hydrogen-bond acceptors (Lipinski definition) is 2. The molecule has 2 rings (SSSR count). The fourth-order valence-electron chi connectivity index (χ4n) is 1.02. The molecule has 2 aromatic rings. The zero-order chi connectivity index (χ0) is 8.55. The topological polar surface area (TPSA) is 25.8 Å². The van der Waals surface area contributed by atoms with Crippen LogP contribution in [0.25, 0.3) is 10.8 Å². The van der Waals surface area contributed by atoms with Gasteiger partial charge in [-0.3, -0.25) is 4.98 Å². The molecule has 2 aromatic heterocycles. The molecule has 0 N–H and O–H groups in total. The van der Waals surface area contributed by atoms with Gasteiger partial charge in [0.2, 0.25) is 0 Å². The van der Waals surface area contributed by atoms with Gasteiger partial charge < -0.3 is 0 Å². The van der Waals surface area contributed by atoms with Crippen LogP contribution in [0, 0.1) is 3.70 Å². The summed E-state index contributed by atoms with van der Waals surface area (Å²) in [5.74, 6) is 0. The van der Waals surface area contributed by atoms with Crippen LogP contribution in [0.2, 0.25) is 5.15 Å². The lowest BCUT2D eigenvalue weighted by Crippen LogP contribution is -1.84. The summed E-state index contributed by atoms with van der Waals surface area (Å²) in [7, 11) is 0. The molecule has 0 fully saturated rings. The van der Waals surface area contributed by atoms with Crippen LogP contribution >= 0.6 is 34.2 Å². The maximum atomic E-state index is 5.78. The second kappa shape index (κ2) is 3.14. The Kier molecular flexibility index (Phi) is 2.14. The minimum Gasteiger partial charge on any atom is -0.264 e. The van der Waals surface area contributed by atoms with Crippen molar-refractivity contribution in [2.24, 2.45) is 0 Å². The van der Waals surface area contributed by atoms with Gasteiger partial charge in [0.1, 0.15) is 8.85 Å². The zero-order valence-electron chi connectivity index (χ0n) is 5.96. The lowest BCUT2D eigenvalue weighted by molar-refractivity contribution is 1.29. The first kappa shape index (κ1) is 8.19. The van der Waals surface area contributed by atoms with E-state index in [-0.39, 0.29) is 0 Å². The van der Waals surface area contributed by atoms with Gasteiger partial charge in [-0.25, -0.2) is 4.98 Å². The molecule has 0 aliphatic heterocycles. The van der Waals surface area contributed by atoms with Gasteiger partial charge in [-0.15, -0.1) is 0 Å². The molecule has 60 valence electrons. The average molecular weight is 290 g/mol. The monoisotopic (exact) mass is 290 g/mol. The smallest absolute Gasteiger partial charge is 0.130 e. The van der Waals surface area contributed by atoms with E-state index in [0.29, 0.717) is 5.15 Å². The summed E-state index contributed by atoms with van der Waals surface area (Å²) in [5.41, 5.74) is 0. The van der Waals surface area contributed by atoms with Crippen molar-refractivity contribution in [1.29, 1.82) is 0 Å². The highest BCUT2D eigenvalue weighted by Gasteiger charge is 2.00. The Bertz CT molecular complexity index is 430. The van der Waals surface area contributed by atoms with E-state index in [1.54, 1.807) is 12.4 Å². The van der Waals surface area contributed by atoms with E-state index in [1.165, 1.54) is 0 Å². The van der Waals surface area contributed by atoms with Gasteiger partial charge in [0.05, 0.1) is 0 Å². The van der Waals surface area contributed by atoms with Gasteiger partial charge in [-0.05, 0) is 34.7 Å². The molecule has 0 bridgehead atoms. The highest BCUT2D eigenvalue weighted by molar-refractivity contribution is 14.1. The summed E-state index contributed by atoms with van der Waals surface area (Å²) < 4.78 is 0.914. The third kappa shape index (κ3) is 1.38. The molecular formula is C8H4ClIN2. The first-order chi connectivity index (χ1) is 5.77.